The highest BCUT2D eigenvalue weighted by Gasteiger charge is 2.21. The third-order valence-electron chi connectivity index (χ3n) is 2.47. The van der Waals surface area contributed by atoms with Crippen LogP contribution in [0.15, 0.2) is 0 Å². The monoisotopic (exact) mass is 264 g/mol. The zero-order valence-corrected chi connectivity index (χ0v) is 11.5. The quantitative estimate of drug-likeness (QED) is 0.732. The van der Waals surface area contributed by atoms with E-state index in [9.17, 15) is 9.00 Å². The predicted octanol–water partition coefficient (Wildman–Crippen LogP) is -0.0353. The summed E-state index contributed by atoms with van der Waals surface area (Å²) >= 11 is 1.80. The molecule has 16 heavy (non-hydrogen) atoms. The lowest BCUT2D eigenvalue weighted by Gasteiger charge is -2.24. The lowest BCUT2D eigenvalue weighted by molar-refractivity contribution is -0.123. The molecule has 3 atom stereocenters. The molecule has 1 aliphatic heterocycles. The van der Waals surface area contributed by atoms with E-state index in [0.717, 1.165) is 24.5 Å². The normalized spacial score (nSPS) is 24.8. The second kappa shape index (κ2) is 7.29. The minimum Gasteiger partial charge on any atom is -0.352 e. The maximum absolute atomic E-state index is 11.8. The second-order valence-electron chi connectivity index (χ2n) is 4.06. The van der Waals surface area contributed by atoms with E-state index in [2.05, 4.69) is 10.6 Å². The molecule has 0 aromatic carbocycles. The summed E-state index contributed by atoms with van der Waals surface area (Å²) in [4.78, 5) is 11.8. The molecule has 0 aliphatic carbocycles. The van der Waals surface area contributed by atoms with E-state index in [0.29, 0.717) is 5.75 Å². The predicted molar refractivity (Wildman–Crippen MR) is 70.3 cm³/mol. The van der Waals surface area contributed by atoms with Crippen LogP contribution in [0.5, 0.6) is 0 Å². The van der Waals surface area contributed by atoms with Crippen LogP contribution in [0.3, 0.4) is 0 Å². The molecule has 2 N–H and O–H groups in total. The van der Waals surface area contributed by atoms with Crippen molar-refractivity contribution in [3.63, 3.8) is 0 Å². The third-order valence-corrected chi connectivity index (χ3v) is 4.34. The number of carbonyl (C=O) groups excluding carboxylic acids is 1. The van der Waals surface area contributed by atoms with Gasteiger partial charge in [-0.25, -0.2) is 0 Å². The summed E-state index contributed by atoms with van der Waals surface area (Å²) in [6.07, 6.45) is 2.46. The van der Waals surface area contributed by atoms with Crippen LogP contribution in [0.4, 0.5) is 0 Å². The zero-order valence-electron chi connectivity index (χ0n) is 9.82. The molecule has 0 aromatic heterocycles. The number of hydrogen-bond acceptors (Lipinski definition) is 4. The molecule has 0 spiro atoms. The molecular weight excluding hydrogens is 244 g/mol. The molecule has 1 heterocycles. The zero-order chi connectivity index (χ0) is 12.0. The fraction of sp³-hybridized carbons (Fsp3) is 0.900. The Bertz CT molecular complexity index is 255. The van der Waals surface area contributed by atoms with Crippen LogP contribution < -0.4 is 10.6 Å². The van der Waals surface area contributed by atoms with E-state index in [1.54, 1.807) is 18.0 Å². The molecule has 0 radical (unpaired) electrons. The van der Waals surface area contributed by atoms with Gasteiger partial charge in [0.05, 0.1) is 6.04 Å². The van der Waals surface area contributed by atoms with Gasteiger partial charge < -0.3 is 10.6 Å². The number of amides is 1. The van der Waals surface area contributed by atoms with Crippen molar-refractivity contribution >= 4 is 28.5 Å². The lowest BCUT2D eigenvalue weighted by atomic mass is 10.2. The van der Waals surface area contributed by atoms with Crippen molar-refractivity contribution in [3.05, 3.63) is 0 Å². The van der Waals surface area contributed by atoms with Crippen molar-refractivity contribution in [2.75, 3.05) is 30.1 Å². The fourth-order valence-corrected chi connectivity index (χ4v) is 3.11. The lowest BCUT2D eigenvalue weighted by Crippen LogP contribution is -2.51. The fourth-order valence-electron chi connectivity index (χ4n) is 1.49. The van der Waals surface area contributed by atoms with Gasteiger partial charge in [-0.1, -0.05) is 0 Å². The van der Waals surface area contributed by atoms with Gasteiger partial charge in [0.1, 0.15) is 0 Å². The summed E-state index contributed by atoms with van der Waals surface area (Å²) < 4.78 is 10.9. The van der Waals surface area contributed by atoms with Gasteiger partial charge in [-0.2, -0.15) is 11.8 Å². The number of hydrogen-bond donors (Lipinski definition) is 2. The Morgan fingerprint density at radius 3 is 3.00 bits per heavy atom. The van der Waals surface area contributed by atoms with Crippen LogP contribution in [0, 0.1) is 0 Å². The Kier molecular flexibility index (Phi) is 6.38. The highest BCUT2D eigenvalue weighted by Crippen LogP contribution is 2.07. The third kappa shape index (κ3) is 5.32. The summed E-state index contributed by atoms with van der Waals surface area (Å²) in [5.41, 5.74) is 0. The molecule has 1 fully saturated rings. The van der Waals surface area contributed by atoms with Crippen LogP contribution in [-0.4, -0.2) is 52.3 Å². The first-order chi connectivity index (χ1) is 7.59. The van der Waals surface area contributed by atoms with E-state index in [1.807, 2.05) is 6.92 Å². The number of rotatable bonds is 5. The molecule has 1 rings (SSSR count). The van der Waals surface area contributed by atoms with Crippen LogP contribution in [-0.2, 0) is 15.6 Å². The Labute approximate surface area is 104 Å². The molecular formula is C10H20N2O2S2. The van der Waals surface area contributed by atoms with Crippen LogP contribution in [0.2, 0.25) is 0 Å². The summed E-state index contributed by atoms with van der Waals surface area (Å²) in [6, 6.07) is 0.0402. The van der Waals surface area contributed by atoms with Gasteiger partial charge in [0, 0.05) is 46.9 Å². The number of carbonyl (C=O) groups is 1. The first-order valence-electron chi connectivity index (χ1n) is 5.51. The summed E-state index contributed by atoms with van der Waals surface area (Å²) in [6.45, 7) is 2.86. The molecule has 1 aliphatic rings. The van der Waals surface area contributed by atoms with E-state index < -0.39 is 10.8 Å². The molecule has 1 amide bonds. The van der Waals surface area contributed by atoms with Gasteiger partial charge in [0.25, 0.3) is 0 Å². The smallest absolute Gasteiger partial charge is 0.238 e. The van der Waals surface area contributed by atoms with Crippen LogP contribution >= 0.6 is 11.8 Å². The van der Waals surface area contributed by atoms with Crippen LogP contribution in [0.1, 0.15) is 13.3 Å². The Balaban J connectivity index is 2.23. The molecule has 94 valence electrons. The number of thioether (sulfide) groups is 1. The van der Waals surface area contributed by atoms with Gasteiger partial charge in [-0.05, 0) is 13.3 Å². The molecule has 4 nitrogen and oxygen atoms in total. The maximum atomic E-state index is 11.8. The standard InChI is InChI=1S/C10H20N2O2S2/c1-8(3-6-16(2)14)12-10(13)9-7-15-5-4-11-9/h8-9,11H,3-7H2,1-2H3,(H,12,13). The minimum atomic E-state index is -0.777. The van der Waals surface area contributed by atoms with Gasteiger partial charge in [0.15, 0.2) is 0 Å². The minimum absolute atomic E-state index is 0.0617. The average molecular weight is 264 g/mol. The van der Waals surface area contributed by atoms with Gasteiger partial charge in [0.2, 0.25) is 5.91 Å². The molecule has 6 heteroatoms. The second-order valence-corrected chi connectivity index (χ2v) is 6.76. The Hall–Kier alpha value is -0.0700. The van der Waals surface area contributed by atoms with E-state index >= 15 is 0 Å². The average Bonchev–Trinajstić information content (AvgIpc) is 2.27. The Morgan fingerprint density at radius 2 is 2.44 bits per heavy atom. The molecule has 3 unspecified atom stereocenters. The Morgan fingerprint density at radius 1 is 1.69 bits per heavy atom. The van der Waals surface area contributed by atoms with Crippen molar-refractivity contribution in [1.82, 2.24) is 10.6 Å². The molecule has 0 saturated carbocycles. The first-order valence-corrected chi connectivity index (χ1v) is 8.39. The maximum Gasteiger partial charge on any atom is 0.238 e. The van der Waals surface area contributed by atoms with Crippen molar-refractivity contribution in [1.29, 1.82) is 0 Å². The van der Waals surface area contributed by atoms with Crippen molar-refractivity contribution in [2.45, 2.75) is 25.4 Å². The summed E-state index contributed by atoms with van der Waals surface area (Å²) in [5, 5.41) is 6.15. The molecule has 1 saturated heterocycles. The number of nitrogens with one attached hydrogen (secondary N) is 2. The van der Waals surface area contributed by atoms with Crippen molar-refractivity contribution in [2.24, 2.45) is 0 Å². The highest BCUT2D eigenvalue weighted by molar-refractivity contribution is 7.99. The SMILES string of the molecule is CC(CCS(C)=O)NC(=O)C1CSCCN1. The van der Waals surface area contributed by atoms with Gasteiger partial charge in [-0.15, -0.1) is 0 Å². The first kappa shape index (κ1) is 14.0. The highest BCUT2D eigenvalue weighted by atomic mass is 32.2. The van der Waals surface area contributed by atoms with Crippen molar-refractivity contribution in [3.8, 4) is 0 Å². The van der Waals surface area contributed by atoms with Gasteiger partial charge >= 0.3 is 0 Å². The van der Waals surface area contributed by atoms with Crippen LogP contribution in [0.25, 0.3) is 0 Å². The summed E-state index contributed by atoms with van der Waals surface area (Å²) in [5.74, 6) is 2.64. The summed E-state index contributed by atoms with van der Waals surface area (Å²) in [7, 11) is -0.777. The molecule has 0 aromatic rings. The van der Waals surface area contributed by atoms with E-state index in [1.165, 1.54) is 0 Å². The largest absolute Gasteiger partial charge is 0.352 e. The molecule has 0 bridgehead atoms. The topological polar surface area (TPSA) is 58.2 Å². The van der Waals surface area contributed by atoms with Crippen molar-refractivity contribution < 1.29 is 9.00 Å². The van der Waals surface area contributed by atoms with E-state index in [-0.39, 0.29) is 18.0 Å². The van der Waals surface area contributed by atoms with Gasteiger partial charge in [-0.3, -0.25) is 9.00 Å². The van der Waals surface area contributed by atoms with E-state index in [4.69, 9.17) is 0 Å².